The largest absolute Gasteiger partial charge is 0.354 e. The number of halogens is 1. The number of H-pyrrole nitrogens is 1. The van der Waals surface area contributed by atoms with E-state index in [4.69, 9.17) is 27.3 Å². The lowest BCUT2D eigenvalue weighted by Gasteiger charge is -2.26. The fraction of sp³-hybridized carbons (Fsp3) is 0.348. The Kier molecular flexibility index (Phi) is 3.97. The smallest absolute Gasteiger partial charge is 0.202 e. The highest BCUT2D eigenvalue weighted by Gasteiger charge is 2.69. The predicted molar refractivity (Wildman–Crippen MR) is 130 cm³/mol. The number of aryl methyl sites for hydroxylation is 2. The molecule has 1 unspecified atom stereocenters. The summed E-state index contributed by atoms with van der Waals surface area (Å²) >= 11 is 6.72. The van der Waals surface area contributed by atoms with Crippen molar-refractivity contribution in [2.45, 2.75) is 12.5 Å². The standard InChI is InChI=1S/C23H23ClN10/c1-12-5-6-34(30-12)23(11-25)15-9-33(10-16(15)23)18-7-26-21-20(28-29-22(21)27-18)13-3-4-17-14(19(13)24)8-32(2)31-17/h3-8,15-16H,9-11,25H2,1-2H3,(H,27,28,29)/t15-,16+,23?. The van der Waals surface area contributed by atoms with Crippen LogP contribution in [-0.4, -0.2) is 59.4 Å². The number of piperidine rings is 1. The number of rotatable bonds is 4. The lowest BCUT2D eigenvalue weighted by Crippen LogP contribution is -2.39. The van der Waals surface area contributed by atoms with Crippen molar-refractivity contribution >= 4 is 39.5 Å². The number of hydrogen-bond acceptors (Lipinski definition) is 7. The molecule has 3 N–H and O–H groups in total. The number of nitrogens with one attached hydrogen (secondary N) is 1. The van der Waals surface area contributed by atoms with Crippen molar-refractivity contribution in [3.63, 3.8) is 0 Å². The molecule has 0 amide bonds. The third-order valence-corrected chi connectivity index (χ3v) is 7.96. The Morgan fingerprint density at radius 3 is 2.76 bits per heavy atom. The van der Waals surface area contributed by atoms with Gasteiger partial charge in [0.25, 0.3) is 0 Å². The summed E-state index contributed by atoms with van der Waals surface area (Å²) in [6.07, 6.45) is 5.79. The van der Waals surface area contributed by atoms with Crippen molar-refractivity contribution < 1.29 is 0 Å². The second-order valence-corrected chi connectivity index (χ2v) is 9.75. The topological polar surface area (TPSA) is 119 Å². The fourth-order valence-electron chi connectivity index (χ4n) is 5.78. The first-order valence-electron chi connectivity index (χ1n) is 11.3. The SMILES string of the molecule is Cc1ccn(C2(CN)[C@@H]3CN(c4cnc5c(-c6ccc7nn(C)cc7c6Cl)[nH]nc5n4)C[C@@H]32)n1. The molecule has 10 nitrogen and oxygen atoms in total. The van der Waals surface area contributed by atoms with Crippen molar-refractivity contribution in [1.82, 2.24) is 39.7 Å². The van der Waals surface area contributed by atoms with Gasteiger partial charge in [-0.15, -0.1) is 0 Å². The molecule has 4 aromatic heterocycles. The second-order valence-electron chi connectivity index (χ2n) is 9.38. The highest BCUT2D eigenvalue weighted by atomic mass is 35.5. The molecule has 1 saturated carbocycles. The maximum atomic E-state index is 6.72. The van der Waals surface area contributed by atoms with Gasteiger partial charge in [0.2, 0.25) is 5.65 Å². The van der Waals surface area contributed by atoms with Crippen LogP contribution in [0.15, 0.2) is 36.8 Å². The number of fused-ring (bicyclic) bond motifs is 3. The zero-order chi connectivity index (χ0) is 23.2. The monoisotopic (exact) mass is 474 g/mol. The molecule has 1 aromatic carbocycles. The summed E-state index contributed by atoms with van der Waals surface area (Å²) in [7, 11) is 1.88. The molecule has 0 spiro atoms. The molecule has 2 fully saturated rings. The summed E-state index contributed by atoms with van der Waals surface area (Å²) in [6.45, 7) is 4.35. The van der Waals surface area contributed by atoms with Crippen LogP contribution in [0.2, 0.25) is 5.02 Å². The average Bonchev–Trinajstić information content (AvgIpc) is 3.44. The maximum absolute atomic E-state index is 6.72. The van der Waals surface area contributed by atoms with Gasteiger partial charge in [-0.25, -0.2) is 9.97 Å². The summed E-state index contributed by atoms with van der Waals surface area (Å²) in [5.74, 6) is 1.73. The highest BCUT2D eigenvalue weighted by molar-refractivity contribution is 6.38. The maximum Gasteiger partial charge on any atom is 0.202 e. The van der Waals surface area contributed by atoms with E-state index in [-0.39, 0.29) is 5.54 Å². The van der Waals surface area contributed by atoms with Gasteiger partial charge in [-0.05, 0) is 25.1 Å². The van der Waals surface area contributed by atoms with Gasteiger partial charge in [0.05, 0.1) is 33.7 Å². The molecule has 1 saturated heterocycles. The fourth-order valence-corrected chi connectivity index (χ4v) is 6.08. The van der Waals surface area contributed by atoms with Crippen molar-refractivity contribution in [2.75, 3.05) is 24.5 Å². The Balaban J connectivity index is 1.18. The Hall–Kier alpha value is -3.50. The molecular weight excluding hydrogens is 452 g/mol. The molecule has 7 rings (SSSR count). The molecule has 1 aliphatic carbocycles. The molecule has 34 heavy (non-hydrogen) atoms. The first-order valence-corrected chi connectivity index (χ1v) is 11.7. The number of hydrogen-bond donors (Lipinski definition) is 2. The van der Waals surface area contributed by atoms with E-state index in [1.807, 2.05) is 44.6 Å². The van der Waals surface area contributed by atoms with Gasteiger partial charge >= 0.3 is 0 Å². The van der Waals surface area contributed by atoms with Crippen LogP contribution < -0.4 is 10.6 Å². The molecule has 5 aromatic rings. The summed E-state index contributed by atoms with van der Waals surface area (Å²) in [5, 5.41) is 18.1. The van der Waals surface area contributed by atoms with E-state index in [0.29, 0.717) is 34.6 Å². The van der Waals surface area contributed by atoms with Gasteiger partial charge in [0, 0.05) is 61.9 Å². The summed E-state index contributed by atoms with van der Waals surface area (Å²) in [6, 6.07) is 5.93. The van der Waals surface area contributed by atoms with E-state index in [2.05, 4.69) is 36.2 Å². The highest BCUT2D eigenvalue weighted by Crippen LogP contribution is 2.60. The van der Waals surface area contributed by atoms with Gasteiger partial charge in [-0.2, -0.15) is 15.3 Å². The van der Waals surface area contributed by atoms with Crippen LogP contribution in [0.5, 0.6) is 0 Å². The van der Waals surface area contributed by atoms with Crippen molar-refractivity contribution in [2.24, 2.45) is 24.6 Å². The number of nitrogens with zero attached hydrogens (tertiary/aromatic N) is 8. The van der Waals surface area contributed by atoms with E-state index in [9.17, 15) is 0 Å². The molecule has 172 valence electrons. The van der Waals surface area contributed by atoms with E-state index in [1.165, 1.54) is 0 Å². The Bertz CT molecular complexity index is 1570. The Morgan fingerprint density at radius 2 is 2.03 bits per heavy atom. The number of nitrogens with two attached hydrogens (primary N) is 1. The van der Waals surface area contributed by atoms with E-state index in [1.54, 1.807) is 4.68 Å². The molecule has 3 atom stereocenters. The average molecular weight is 475 g/mol. The summed E-state index contributed by atoms with van der Waals surface area (Å²) in [4.78, 5) is 11.8. The van der Waals surface area contributed by atoms with Crippen LogP contribution in [0.25, 0.3) is 33.3 Å². The number of aromatic amines is 1. The molecular formula is C23H23ClN10. The van der Waals surface area contributed by atoms with E-state index >= 15 is 0 Å². The normalized spacial score (nSPS) is 23.8. The van der Waals surface area contributed by atoms with Gasteiger partial charge in [-0.3, -0.25) is 14.5 Å². The molecule has 0 bridgehead atoms. The third kappa shape index (κ3) is 2.57. The minimum atomic E-state index is -0.0799. The zero-order valence-electron chi connectivity index (χ0n) is 18.8. The van der Waals surface area contributed by atoms with Crippen LogP contribution in [-0.2, 0) is 12.6 Å². The van der Waals surface area contributed by atoms with Crippen LogP contribution in [0.4, 0.5) is 5.82 Å². The lowest BCUT2D eigenvalue weighted by atomic mass is 10.1. The van der Waals surface area contributed by atoms with Crippen molar-refractivity contribution in [3.8, 4) is 11.3 Å². The summed E-state index contributed by atoms with van der Waals surface area (Å²) < 4.78 is 3.83. The van der Waals surface area contributed by atoms with Crippen LogP contribution >= 0.6 is 11.6 Å². The third-order valence-electron chi connectivity index (χ3n) is 7.55. The quantitative estimate of drug-likeness (QED) is 0.410. The molecule has 0 radical (unpaired) electrons. The number of anilines is 1. The van der Waals surface area contributed by atoms with Gasteiger partial charge in [0.1, 0.15) is 11.3 Å². The first-order chi connectivity index (χ1) is 16.5. The Labute approximate surface area is 199 Å². The minimum absolute atomic E-state index is 0.0799. The van der Waals surface area contributed by atoms with Crippen LogP contribution in [0, 0.1) is 18.8 Å². The van der Waals surface area contributed by atoms with Crippen LogP contribution in [0.1, 0.15) is 5.69 Å². The van der Waals surface area contributed by atoms with E-state index < -0.39 is 0 Å². The van der Waals surface area contributed by atoms with Gasteiger partial charge < -0.3 is 10.6 Å². The van der Waals surface area contributed by atoms with E-state index in [0.717, 1.165) is 46.8 Å². The molecule has 5 heterocycles. The predicted octanol–water partition coefficient (Wildman–Crippen LogP) is 2.49. The molecule has 1 aliphatic heterocycles. The van der Waals surface area contributed by atoms with Crippen LogP contribution in [0.3, 0.4) is 0 Å². The lowest BCUT2D eigenvalue weighted by molar-refractivity contribution is 0.363. The van der Waals surface area contributed by atoms with Gasteiger partial charge in [-0.1, -0.05) is 11.6 Å². The molecule has 11 heteroatoms. The minimum Gasteiger partial charge on any atom is -0.354 e. The van der Waals surface area contributed by atoms with Gasteiger partial charge in [0.15, 0.2) is 0 Å². The number of benzene rings is 1. The zero-order valence-corrected chi connectivity index (χ0v) is 19.5. The summed E-state index contributed by atoms with van der Waals surface area (Å²) in [5.41, 5.74) is 10.9. The first kappa shape index (κ1) is 19.9. The second kappa shape index (κ2) is 6.77. The Morgan fingerprint density at radius 1 is 1.21 bits per heavy atom. The van der Waals surface area contributed by atoms with Crippen molar-refractivity contribution in [1.29, 1.82) is 0 Å². The van der Waals surface area contributed by atoms with Crippen molar-refractivity contribution in [3.05, 3.63) is 47.5 Å². The number of aromatic nitrogens is 8. The molecule has 2 aliphatic rings.